The van der Waals surface area contributed by atoms with Gasteiger partial charge in [0, 0.05) is 0 Å². The van der Waals surface area contributed by atoms with Gasteiger partial charge in [0.2, 0.25) is 0 Å². The summed E-state index contributed by atoms with van der Waals surface area (Å²) in [6.07, 6.45) is 0. The molecule has 0 aliphatic carbocycles. The van der Waals surface area contributed by atoms with Crippen molar-refractivity contribution in [3.05, 3.63) is 29.3 Å². The summed E-state index contributed by atoms with van der Waals surface area (Å²) >= 11 is 0. The Kier molecular flexibility index (Phi) is 2.46. The van der Waals surface area contributed by atoms with E-state index in [2.05, 4.69) is 0 Å². The van der Waals surface area contributed by atoms with Crippen molar-refractivity contribution < 1.29 is 28.6 Å². The highest BCUT2D eigenvalue weighted by molar-refractivity contribution is 6.40. The van der Waals surface area contributed by atoms with Crippen LogP contribution in [0.4, 0.5) is 8.78 Å². The van der Waals surface area contributed by atoms with Gasteiger partial charge >= 0.3 is 5.97 Å². The molecule has 0 aliphatic heterocycles. The average molecular weight is 202 g/mol. The number of aliphatic carboxylic acids is 1. The topological polar surface area (TPSA) is 74.6 Å². The van der Waals surface area contributed by atoms with Crippen LogP contribution in [0.3, 0.4) is 0 Å². The molecule has 0 saturated carbocycles. The lowest BCUT2D eigenvalue weighted by atomic mass is 10.1. The minimum atomic E-state index is -1.97. The molecule has 74 valence electrons. The molecule has 1 aromatic rings. The highest BCUT2D eigenvalue weighted by Gasteiger charge is 2.25. The van der Waals surface area contributed by atoms with E-state index in [4.69, 9.17) is 10.2 Å². The van der Waals surface area contributed by atoms with Crippen LogP contribution in [0.1, 0.15) is 10.4 Å². The Morgan fingerprint density at radius 2 is 1.64 bits per heavy atom. The number of Topliss-reactive ketones (excluding diaryl/α,β-unsaturated/α-hetero) is 1. The Morgan fingerprint density at radius 1 is 1.14 bits per heavy atom. The van der Waals surface area contributed by atoms with Crippen molar-refractivity contribution in [3.8, 4) is 5.75 Å². The number of ketones is 1. The third-order valence-electron chi connectivity index (χ3n) is 1.50. The van der Waals surface area contributed by atoms with E-state index >= 15 is 0 Å². The lowest BCUT2D eigenvalue weighted by Gasteiger charge is -2.02. The Bertz CT molecular complexity index is 414. The van der Waals surface area contributed by atoms with Crippen molar-refractivity contribution >= 4 is 11.8 Å². The third kappa shape index (κ3) is 1.54. The number of phenolic OH excluding ortho intramolecular Hbond substituents is 1. The fraction of sp³-hybridized carbons (Fsp3) is 0. The molecule has 0 radical (unpaired) electrons. The Morgan fingerprint density at radius 3 is 2.14 bits per heavy atom. The summed E-state index contributed by atoms with van der Waals surface area (Å²) in [5.74, 6) is -7.49. The molecule has 0 aliphatic rings. The summed E-state index contributed by atoms with van der Waals surface area (Å²) in [7, 11) is 0. The van der Waals surface area contributed by atoms with Gasteiger partial charge in [-0.1, -0.05) is 0 Å². The molecule has 0 aromatic heterocycles. The Labute approximate surface area is 76.4 Å². The van der Waals surface area contributed by atoms with Crippen molar-refractivity contribution in [2.45, 2.75) is 0 Å². The van der Waals surface area contributed by atoms with E-state index in [0.29, 0.717) is 12.1 Å². The van der Waals surface area contributed by atoms with Gasteiger partial charge in [-0.25, -0.2) is 13.6 Å². The van der Waals surface area contributed by atoms with Gasteiger partial charge in [-0.15, -0.1) is 0 Å². The highest BCUT2D eigenvalue weighted by Crippen LogP contribution is 2.24. The molecule has 0 atom stereocenters. The van der Waals surface area contributed by atoms with Crippen LogP contribution in [0.25, 0.3) is 0 Å². The Balaban J connectivity index is 3.40. The molecular formula is C8H4F2O4. The zero-order valence-electron chi connectivity index (χ0n) is 6.62. The van der Waals surface area contributed by atoms with Crippen LogP contribution in [-0.2, 0) is 4.79 Å². The number of carbonyl (C=O) groups excluding carboxylic acids is 1. The first-order valence-electron chi connectivity index (χ1n) is 3.39. The standard InChI is InChI=1S/C8H4F2O4/c9-3-1-2-4(10)6(11)5(3)7(12)8(13)14/h1-2,11H,(H,13,14). The highest BCUT2D eigenvalue weighted by atomic mass is 19.1. The van der Waals surface area contributed by atoms with Crippen LogP contribution in [0.15, 0.2) is 12.1 Å². The number of carbonyl (C=O) groups is 2. The van der Waals surface area contributed by atoms with Gasteiger partial charge < -0.3 is 10.2 Å². The van der Waals surface area contributed by atoms with Gasteiger partial charge in [-0.2, -0.15) is 0 Å². The number of benzene rings is 1. The summed E-state index contributed by atoms with van der Waals surface area (Å²) in [6, 6.07) is 1.15. The van der Waals surface area contributed by atoms with Gasteiger partial charge in [-0.3, -0.25) is 4.79 Å². The number of hydrogen-bond acceptors (Lipinski definition) is 3. The number of phenols is 1. The lowest BCUT2D eigenvalue weighted by Crippen LogP contribution is -2.15. The van der Waals surface area contributed by atoms with E-state index < -0.39 is 34.7 Å². The van der Waals surface area contributed by atoms with E-state index in [-0.39, 0.29) is 0 Å². The smallest absolute Gasteiger partial charge is 0.377 e. The Hall–Kier alpha value is -1.98. The second-order valence-corrected chi connectivity index (χ2v) is 2.39. The largest absolute Gasteiger partial charge is 0.504 e. The van der Waals surface area contributed by atoms with Crippen molar-refractivity contribution in [2.24, 2.45) is 0 Å². The van der Waals surface area contributed by atoms with E-state index in [0.717, 1.165) is 0 Å². The third-order valence-corrected chi connectivity index (χ3v) is 1.50. The SMILES string of the molecule is O=C(O)C(=O)c1c(F)ccc(F)c1O. The molecule has 6 heteroatoms. The molecule has 0 amide bonds. The first-order chi connectivity index (χ1) is 6.45. The van der Waals surface area contributed by atoms with Crippen LogP contribution >= 0.6 is 0 Å². The molecule has 0 fully saturated rings. The first-order valence-corrected chi connectivity index (χ1v) is 3.39. The maximum absolute atomic E-state index is 12.8. The summed E-state index contributed by atoms with van der Waals surface area (Å²) in [5, 5.41) is 17.1. The summed E-state index contributed by atoms with van der Waals surface area (Å²) in [5.41, 5.74) is -1.17. The van der Waals surface area contributed by atoms with E-state index in [1.165, 1.54) is 0 Å². The van der Waals surface area contributed by atoms with Gasteiger partial charge in [-0.05, 0) is 12.1 Å². The number of aromatic hydroxyl groups is 1. The van der Waals surface area contributed by atoms with Crippen molar-refractivity contribution in [2.75, 3.05) is 0 Å². The predicted octanol–water partition coefficient (Wildman–Crippen LogP) is 0.938. The van der Waals surface area contributed by atoms with Crippen LogP contribution in [-0.4, -0.2) is 22.0 Å². The maximum atomic E-state index is 12.8. The molecule has 0 bridgehead atoms. The van der Waals surface area contributed by atoms with E-state index in [9.17, 15) is 18.4 Å². The van der Waals surface area contributed by atoms with Crippen LogP contribution in [0, 0.1) is 11.6 Å². The molecule has 1 aromatic carbocycles. The van der Waals surface area contributed by atoms with Crippen LogP contribution in [0.2, 0.25) is 0 Å². The summed E-state index contributed by atoms with van der Waals surface area (Å²) < 4.78 is 25.5. The number of carboxylic acid groups (broad SMARTS) is 1. The van der Waals surface area contributed by atoms with Gasteiger partial charge in [0.15, 0.2) is 11.6 Å². The minimum absolute atomic E-state index is 0.561. The molecule has 0 unspecified atom stereocenters. The van der Waals surface area contributed by atoms with E-state index in [1.54, 1.807) is 0 Å². The van der Waals surface area contributed by atoms with Gasteiger partial charge in [0.1, 0.15) is 11.4 Å². The van der Waals surface area contributed by atoms with Crippen LogP contribution in [0.5, 0.6) is 5.75 Å². The molecule has 1 rings (SSSR count). The number of carboxylic acids is 1. The second kappa shape index (κ2) is 3.41. The molecule has 0 saturated heterocycles. The molecule has 14 heavy (non-hydrogen) atoms. The maximum Gasteiger partial charge on any atom is 0.377 e. The predicted molar refractivity (Wildman–Crippen MR) is 40.0 cm³/mol. The molecule has 4 nitrogen and oxygen atoms in total. The minimum Gasteiger partial charge on any atom is -0.504 e. The fourth-order valence-electron chi connectivity index (χ4n) is 0.864. The lowest BCUT2D eigenvalue weighted by molar-refractivity contribution is -0.131. The fourth-order valence-corrected chi connectivity index (χ4v) is 0.864. The van der Waals surface area contributed by atoms with E-state index in [1.807, 2.05) is 0 Å². The monoisotopic (exact) mass is 202 g/mol. The summed E-state index contributed by atoms with van der Waals surface area (Å²) in [6.45, 7) is 0. The zero-order chi connectivity index (χ0) is 10.9. The second-order valence-electron chi connectivity index (χ2n) is 2.39. The normalized spacial score (nSPS) is 9.86. The number of rotatable bonds is 2. The van der Waals surface area contributed by atoms with Gasteiger partial charge in [0.25, 0.3) is 5.78 Å². The van der Waals surface area contributed by atoms with Crippen molar-refractivity contribution in [1.29, 1.82) is 0 Å². The summed E-state index contributed by atoms with van der Waals surface area (Å²) in [4.78, 5) is 20.9. The molecular weight excluding hydrogens is 198 g/mol. The average Bonchev–Trinajstić information content (AvgIpc) is 2.12. The number of hydrogen-bond donors (Lipinski definition) is 2. The van der Waals surface area contributed by atoms with Gasteiger partial charge in [0.05, 0.1) is 0 Å². The zero-order valence-corrected chi connectivity index (χ0v) is 6.62. The molecule has 2 N–H and O–H groups in total. The van der Waals surface area contributed by atoms with Crippen LogP contribution < -0.4 is 0 Å². The van der Waals surface area contributed by atoms with Crippen molar-refractivity contribution in [1.82, 2.24) is 0 Å². The molecule has 0 heterocycles. The number of halogens is 2. The van der Waals surface area contributed by atoms with Crippen molar-refractivity contribution in [3.63, 3.8) is 0 Å². The first kappa shape index (κ1) is 10.1. The molecule has 0 spiro atoms. The quantitative estimate of drug-likeness (QED) is 0.552.